The first kappa shape index (κ1) is 17.0. The first-order valence-electron chi connectivity index (χ1n) is 6.25. The fourth-order valence-corrected chi connectivity index (χ4v) is 3.23. The molecule has 0 aromatic heterocycles. The summed E-state index contributed by atoms with van der Waals surface area (Å²) in [5.74, 6) is 0. The molecule has 7 nitrogen and oxygen atoms in total. The standard InChI is InChI=1S/C14H14N2O5S2/c1-2-22(17,18)12-6-4-11(5-7-12)16-13-8-3-10(15)9-14(13)23(19,20)21/h2-9,16H,1,15H2,(H,19,20,21). The van der Waals surface area contributed by atoms with Gasteiger partial charge in [0, 0.05) is 16.8 Å². The van der Waals surface area contributed by atoms with Crippen molar-refractivity contribution in [3.63, 3.8) is 0 Å². The van der Waals surface area contributed by atoms with Gasteiger partial charge in [-0.05, 0) is 42.5 Å². The largest absolute Gasteiger partial charge is 0.399 e. The van der Waals surface area contributed by atoms with Gasteiger partial charge in [0.1, 0.15) is 4.90 Å². The lowest BCUT2D eigenvalue weighted by Gasteiger charge is -2.11. The van der Waals surface area contributed by atoms with Gasteiger partial charge in [-0.1, -0.05) is 6.58 Å². The van der Waals surface area contributed by atoms with Gasteiger partial charge in [-0.2, -0.15) is 8.42 Å². The number of nitrogens with two attached hydrogens (primary N) is 1. The third-order valence-electron chi connectivity index (χ3n) is 2.96. The van der Waals surface area contributed by atoms with E-state index in [-0.39, 0.29) is 21.2 Å². The lowest BCUT2D eigenvalue weighted by atomic mass is 10.2. The Labute approximate surface area is 134 Å². The normalized spacial score (nSPS) is 11.9. The molecule has 0 bridgehead atoms. The zero-order valence-corrected chi connectivity index (χ0v) is 13.4. The maximum atomic E-state index is 11.6. The Hall–Kier alpha value is -2.36. The Morgan fingerprint density at radius 3 is 2.17 bits per heavy atom. The van der Waals surface area contributed by atoms with Crippen LogP contribution in [-0.4, -0.2) is 21.4 Å². The van der Waals surface area contributed by atoms with E-state index in [1.165, 1.54) is 36.4 Å². The number of hydrogen-bond donors (Lipinski definition) is 3. The highest BCUT2D eigenvalue weighted by atomic mass is 32.2. The summed E-state index contributed by atoms with van der Waals surface area (Å²) in [6, 6.07) is 9.60. The van der Waals surface area contributed by atoms with Crippen LogP contribution in [0.15, 0.2) is 64.2 Å². The van der Waals surface area contributed by atoms with E-state index in [9.17, 15) is 21.4 Å². The maximum Gasteiger partial charge on any atom is 0.296 e. The van der Waals surface area contributed by atoms with Crippen molar-refractivity contribution in [2.75, 3.05) is 11.1 Å². The van der Waals surface area contributed by atoms with Gasteiger partial charge >= 0.3 is 0 Å². The van der Waals surface area contributed by atoms with Crippen LogP contribution in [0, 0.1) is 0 Å². The molecule has 0 aliphatic heterocycles. The van der Waals surface area contributed by atoms with Crippen LogP contribution in [0.5, 0.6) is 0 Å². The third kappa shape index (κ3) is 3.89. The molecule has 2 rings (SSSR count). The molecule has 2 aromatic rings. The van der Waals surface area contributed by atoms with Crippen molar-refractivity contribution in [2.45, 2.75) is 9.79 Å². The topological polar surface area (TPSA) is 127 Å². The van der Waals surface area contributed by atoms with Crippen LogP contribution in [0.2, 0.25) is 0 Å². The van der Waals surface area contributed by atoms with E-state index < -0.39 is 20.0 Å². The van der Waals surface area contributed by atoms with Crippen LogP contribution in [0.3, 0.4) is 0 Å². The lowest BCUT2D eigenvalue weighted by molar-refractivity contribution is 0.483. The van der Waals surface area contributed by atoms with Crippen molar-refractivity contribution in [3.05, 3.63) is 54.5 Å². The highest BCUT2D eigenvalue weighted by Gasteiger charge is 2.16. The zero-order chi connectivity index (χ0) is 17.3. The summed E-state index contributed by atoms with van der Waals surface area (Å²) in [7, 11) is -8.00. The van der Waals surface area contributed by atoms with E-state index >= 15 is 0 Å². The van der Waals surface area contributed by atoms with Gasteiger partial charge in [-0.3, -0.25) is 4.55 Å². The first-order valence-corrected chi connectivity index (χ1v) is 9.24. The molecule has 0 saturated heterocycles. The van der Waals surface area contributed by atoms with Crippen molar-refractivity contribution in [3.8, 4) is 0 Å². The minimum absolute atomic E-state index is 0.0605. The van der Waals surface area contributed by atoms with Crippen molar-refractivity contribution in [2.24, 2.45) is 0 Å². The number of hydrogen-bond acceptors (Lipinski definition) is 6. The molecule has 4 N–H and O–H groups in total. The third-order valence-corrected chi connectivity index (χ3v) is 5.23. The van der Waals surface area contributed by atoms with Crippen LogP contribution in [0.1, 0.15) is 0 Å². The Kier molecular flexibility index (Phi) is 4.46. The molecular weight excluding hydrogens is 340 g/mol. The molecule has 0 fully saturated rings. The zero-order valence-electron chi connectivity index (χ0n) is 11.8. The van der Waals surface area contributed by atoms with Crippen LogP contribution in [0.4, 0.5) is 17.1 Å². The summed E-state index contributed by atoms with van der Waals surface area (Å²) >= 11 is 0. The lowest BCUT2D eigenvalue weighted by Crippen LogP contribution is -2.04. The molecule has 0 radical (unpaired) electrons. The van der Waals surface area contributed by atoms with Crippen LogP contribution in [0.25, 0.3) is 0 Å². The molecule has 0 heterocycles. The second kappa shape index (κ2) is 6.03. The van der Waals surface area contributed by atoms with Crippen LogP contribution in [-0.2, 0) is 20.0 Å². The Morgan fingerprint density at radius 2 is 1.65 bits per heavy atom. The van der Waals surface area contributed by atoms with Gasteiger partial charge in [0.05, 0.1) is 10.6 Å². The van der Waals surface area contributed by atoms with Crippen molar-refractivity contribution < 1.29 is 21.4 Å². The second-order valence-corrected chi connectivity index (χ2v) is 7.88. The Bertz CT molecular complexity index is 949. The van der Waals surface area contributed by atoms with Crippen molar-refractivity contribution in [1.29, 1.82) is 0 Å². The van der Waals surface area contributed by atoms with E-state index in [4.69, 9.17) is 5.73 Å². The van der Waals surface area contributed by atoms with Gasteiger partial charge in [0.25, 0.3) is 10.1 Å². The van der Waals surface area contributed by atoms with Gasteiger partial charge in [-0.15, -0.1) is 0 Å². The van der Waals surface area contributed by atoms with Gasteiger partial charge in [-0.25, -0.2) is 8.42 Å². The summed E-state index contributed by atoms with van der Waals surface area (Å²) in [5, 5.41) is 3.63. The van der Waals surface area contributed by atoms with Gasteiger partial charge in [0.15, 0.2) is 9.84 Å². The molecule has 0 amide bonds. The highest BCUT2D eigenvalue weighted by Crippen LogP contribution is 2.27. The number of nitrogens with one attached hydrogen (secondary N) is 1. The number of anilines is 3. The van der Waals surface area contributed by atoms with Gasteiger partial charge < -0.3 is 11.1 Å². The van der Waals surface area contributed by atoms with E-state index in [1.54, 1.807) is 0 Å². The van der Waals surface area contributed by atoms with E-state index in [0.29, 0.717) is 5.69 Å². The minimum atomic E-state index is -4.46. The molecule has 0 saturated carbocycles. The van der Waals surface area contributed by atoms with E-state index in [0.717, 1.165) is 11.5 Å². The molecule has 2 aromatic carbocycles. The molecule has 0 atom stereocenters. The fraction of sp³-hybridized carbons (Fsp3) is 0. The van der Waals surface area contributed by atoms with E-state index in [1.807, 2.05) is 0 Å². The number of benzene rings is 2. The Morgan fingerprint density at radius 1 is 1.04 bits per heavy atom. The number of rotatable bonds is 5. The summed E-state index contributed by atoms with van der Waals surface area (Å²) < 4.78 is 55.3. The first-order chi connectivity index (χ1) is 10.6. The number of nitrogen functional groups attached to an aromatic ring is 1. The second-order valence-electron chi connectivity index (χ2n) is 4.59. The summed E-state index contributed by atoms with van der Waals surface area (Å²) in [6.07, 6.45) is 0. The minimum Gasteiger partial charge on any atom is -0.399 e. The monoisotopic (exact) mass is 354 g/mol. The molecule has 9 heteroatoms. The molecular formula is C14H14N2O5S2. The predicted octanol–water partition coefficient (Wildman–Crippen LogP) is 2.18. The highest BCUT2D eigenvalue weighted by molar-refractivity contribution is 7.94. The number of sulfone groups is 1. The molecule has 122 valence electrons. The Balaban J connectivity index is 2.39. The van der Waals surface area contributed by atoms with Crippen molar-refractivity contribution >= 4 is 37.0 Å². The van der Waals surface area contributed by atoms with Gasteiger partial charge in [0.2, 0.25) is 0 Å². The fourth-order valence-electron chi connectivity index (χ4n) is 1.84. The molecule has 0 aliphatic carbocycles. The predicted molar refractivity (Wildman–Crippen MR) is 87.8 cm³/mol. The molecule has 0 spiro atoms. The summed E-state index contributed by atoms with van der Waals surface area (Å²) in [6.45, 7) is 3.24. The average Bonchev–Trinajstić information content (AvgIpc) is 2.48. The van der Waals surface area contributed by atoms with Crippen molar-refractivity contribution in [1.82, 2.24) is 0 Å². The summed E-state index contributed by atoms with van der Waals surface area (Å²) in [4.78, 5) is -0.314. The van der Waals surface area contributed by atoms with E-state index in [2.05, 4.69) is 11.9 Å². The SMILES string of the molecule is C=CS(=O)(=O)c1ccc(Nc2ccc(N)cc2S(=O)(=O)O)cc1. The quantitative estimate of drug-likeness (QED) is 0.555. The smallest absolute Gasteiger partial charge is 0.296 e. The molecule has 0 aliphatic rings. The van der Waals surface area contributed by atoms with Crippen LogP contribution >= 0.6 is 0 Å². The molecule has 0 unspecified atom stereocenters. The summed E-state index contributed by atoms with van der Waals surface area (Å²) in [5.41, 5.74) is 6.24. The van der Waals surface area contributed by atoms with Crippen LogP contribution < -0.4 is 11.1 Å². The maximum absolute atomic E-state index is 11.6. The molecule has 23 heavy (non-hydrogen) atoms. The average molecular weight is 354 g/mol.